The molecular formula is C14H18BrN3S. The van der Waals surface area contributed by atoms with E-state index in [0.29, 0.717) is 0 Å². The van der Waals surface area contributed by atoms with Crippen molar-refractivity contribution in [1.82, 2.24) is 9.97 Å². The van der Waals surface area contributed by atoms with E-state index in [1.807, 2.05) is 0 Å². The van der Waals surface area contributed by atoms with Gasteiger partial charge in [0.1, 0.15) is 5.82 Å². The highest BCUT2D eigenvalue weighted by atomic mass is 79.9. The van der Waals surface area contributed by atoms with Crippen LogP contribution in [0.3, 0.4) is 0 Å². The van der Waals surface area contributed by atoms with Gasteiger partial charge in [-0.3, -0.25) is 0 Å². The lowest BCUT2D eigenvalue weighted by Gasteiger charge is -2.12. The summed E-state index contributed by atoms with van der Waals surface area (Å²) in [5.74, 6) is 1.79. The maximum atomic E-state index is 4.69. The average molecular weight is 340 g/mol. The van der Waals surface area contributed by atoms with Crippen molar-refractivity contribution in [2.24, 2.45) is 0 Å². The number of halogens is 1. The summed E-state index contributed by atoms with van der Waals surface area (Å²) in [5, 5.41) is 5.47. The topological polar surface area (TPSA) is 37.8 Å². The van der Waals surface area contributed by atoms with Crippen molar-refractivity contribution in [2.45, 2.75) is 33.6 Å². The number of hydrogen-bond acceptors (Lipinski definition) is 4. The zero-order chi connectivity index (χ0) is 13.8. The Morgan fingerprint density at radius 2 is 2.11 bits per heavy atom. The third-order valence-corrected chi connectivity index (χ3v) is 4.58. The lowest BCUT2D eigenvalue weighted by Crippen LogP contribution is -2.08. The van der Waals surface area contributed by atoms with Gasteiger partial charge in [-0.2, -0.15) is 0 Å². The van der Waals surface area contributed by atoms with Gasteiger partial charge in [0.15, 0.2) is 5.82 Å². The molecule has 102 valence electrons. The third-order valence-electron chi connectivity index (χ3n) is 2.90. The molecule has 0 spiro atoms. The van der Waals surface area contributed by atoms with Gasteiger partial charge in [0.25, 0.3) is 0 Å². The molecule has 0 unspecified atom stereocenters. The number of aromatic nitrogens is 2. The molecule has 0 aliphatic heterocycles. The van der Waals surface area contributed by atoms with Gasteiger partial charge in [-0.25, -0.2) is 9.97 Å². The van der Waals surface area contributed by atoms with E-state index in [1.54, 1.807) is 11.3 Å². The first-order valence-electron chi connectivity index (χ1n) is 6.51. The Bertz CT molecular complexity index is 566. The summed E-state index contributed by atoms with van der Waals surface area (Å²) in [4.78, 5) is 10.4. The standard InChI is InChI=1S/C14H18BrN3S/c1-4-6-16-13-11(5-2)9(3)17-14(18-13)12-7-10(15)8-19-12/h7-8H,4-6H2,1-3H3,(H,16,17,18). The average Bonchev–Trinajstić information content (AvgIpc) is 2.82. The molecule has 2 aromatic heterocycles. The molecule has 0 radical (unpaired) electrons. The highest BCUT2D eigenvalue weighted by Gasteiger charge is 2.12. The predicted octanol–water partition coefficient (Wildman–Crippen LogP) is 4.66. The molecule has 2 aromatic rings. The van der Waals surface area contributed by atoms with Gasteiger partial charge in [0, 0.05) is 27.7 Å². The lowest BCUT2D eigenvalue weighted by atomic mass is 10.1. The largest absolute Gasteiger partial charge is 0.370 e. The molecule has 0 aliphatic carbocycles. The molecule has 0 aliphatic rings. The second-order valence-corrected chi connectivity index (χ2v) is 6.20. The molecular weight excluding hydrogens is 322 g/mol. The lowest BCUT2D eigenvalue weighted by molar-refractivity contribution is 0.939. The van der Waals surface area contributed by atoms with Crippen LogP contribution in [-0.2, 0) is 6.42 Å². The van der Waals surface area contributed by atoms with E-state index < -0.39 is 0 Å². The Labute approximate surface area is 126 Å². The Morgan fingerprint density at radius 1 is 1.32 bits per heavy atom. The van der Waals surface area contributed by atoms with Crippen LogP contribution in [0.4, 0.5) is 5.82 Å². The zero-order valence-corrected chi connectivity index (χ0v) is 13.9. The first kappa shape index (κ1) is 14.5. The molecule has 0 atom stereocenters. The van der Waals surface area contributed by atoms with Crippen LogP contribution in [0.1, 0.15) is 31.5 Å². The fraction of sp³-hybridized carbons (Fsp3) is 0.429. The summed E-state index contributed by atoms with van der Waals surface area (Å²) in [6, 6.07) is 2.06. The molecule has 0 saturated carbocycles. The van der Waals surface area contributed by atoms with Crippen molar-refractivity contribution in [3.8, 4) is 10.7 Å². The van der Waals surface area contributed by atoms with Crippen molar-refractivity contribution >= 4 is 33.1 Å². The minimum Gasteiger partial charge on any atom is -0.370 e. The van der Waals surface area contributed by atoms with E-state index in [4.69, 9.17) is 4.98 Å². The quantitative estimate of drug-likeness (QED) is 0.860. The molecule has 5 heteroatoms. The summed E-state index contributed by atoms with van der Waals surface area (Å²) >= 11 is 5.13. The van der Waals surface area contributed by atoms with Crippen molar-refractivity contribution in [3.63, 3.8) is 0 Å². The molecule has 19 heavy (non-hydrogen) atoms. The van der Waals surface area contributed by atoms with Crippen molar-refractivity contribution in [3.05, 3.63) is 27.2 Å². The number of rotatable bonds is 5. The van der Waals surface area contributed by atoms with Gasteiger partial charge < -0.3 is 5.32 Å². The number of nitrogens with one attached hydrogen (secondary N) is 1. The van der Waals surface area contributed by atoms with Gasteiger partial charge >= 0.3 is 0 Å². The highest BCUT2D eigenvalue weighted by molar-refractivity contribution is 9.10. The van der Waals surface area contributed by atoms with Crippen LogP contribution in [0.15, 0.2) is 15.9 Å². The monoisotopic (exact) mass is 339 g/mol. The predicted molar refractivity (Wildman–Crippen MR) is 85.9 cm³/mol. The van der Waals surface area contributed by atoms with Crippen molar-refractivity contribution < 1.29 is 0 Å². The number of nitrogens with zero attached hydrogens (tertiary/aromatic N) is 2. The van der Waals surface area contributed by atoms with Crippen molar-refractivity contribution in [1.29, 1.82) is 0 Å². The van der Waals surface area contributed by atoms with E-state index in [0.717, 1.165) is 46.1 Å². The molecule has 0 aromatic carbocycles. The van der Waals surface area contributed by atoms with E-state index >= 15 is 0 Å². The normalized spacial score (nSPS) is 10.7. The maximum Gasteiger partial charge on any atom is 0.171 e. The van der Waals surface area contributed by atoms with E-state index in [1.165, 1.54) is 5.56 Å². The van der Waals surface area contributed by atoms with Gasteiger partial charge in [0.05, 0.1) is 4.88 Å². The Kier molecular flexibility index (Phi) is 4.93. The van der Waals surface area contributed by atoms with Gasteiger partial charge in [-0.1, -0.05) is 13.8 Å². The summed E-state index contributed by atoms with van der Waals surface area (Å²) < 4.78 is 1.08. The number of thiophene rings is 1. The summed E-state index contributed by atoms with van der Waals surface area (Å²) in [6.07, 6.45) is 2.04. The fourth-order valence-electron chi connectivity index (χ4n) is 1.95. The summed E-state index contributed by atoms with van der Waals surface area (Å²) in [5.41, 5.74) is 2.28. The SMILES string of the molecule is CCCNc1nc(-c2cc(Br)cs2)nc(C)c1CC. The van der Waals surface area contributed by atoms with E-state index in [-0.39, 0.29) is 0 Å². The first-order valence-corrected chi connectivity index (χ1v) is 8.18. The summed E-state index contributed by atoms with van der Waals surface area (Å²) in [7, 11) is 0. The Balaban J connectivity index is 2.43. The van der Waals surface area contributed by atoms with Gasteiger partial charge in [0.2, 0.25) is 0 Å². The number of hydrogen-bond donors (Lipinski definition) is 1. The maximum absolute atomic E-state index is 4.69. The summed E-state index contributed by atoms with van der Waals surface area (Å²) in [6.45, 7) is 7.30. The van der Waals surface area contributed by atoms with Crippen LogP contribution in [-0.4, -0.2) is 16.5 Å². The molecule has 0 saturated heterocycles. The van der Waals surface area contributed by atoms with Gasteiger partial charge in [-0.15, -0.1) is 11.3 Å². The van der Waals surface area contributed by atoms with Crippen LogP contribution >= 0.6 is 27.3 Å². The van der Waals surface area contributed by atoms with Crippen LogP contribution in [0, 0.1) is 6.92 Å². The Hall–Kier alpha value is -0.940. The third kappa shape index (κ3) is 3.34. The van der Waals surface area contributed by atoms with E-state index in [9.17, 15) is 0 Å². The second kappa shape index (κ2) is 6.48. The molecule has 0 bridgehead atoms. The minimum atomic E-state index is 0.809. The van der Waals surface area contributed by atoms with Crippen LogP contribution in [0.2, 0.25) is 0 Å². The number of aryl methyl sites for hydroxylation is 1. The minimum absolute atomic E-state index is 0.809. The smallest absolute Gasteiger partial charge is 0.171 e. The molecule has 2 heterocycles. The Morgan fingerprint density at radius 3 is 2.68 bits per heavy atom. The number of anilines is 1. The van der Waals surface area contributed by atoms with Crippen LogP contribution in [0.25, 0.3) is 10.7 Å². The molecule has 1 N–H and O–H groups in total. The van der Waals surface area contributed by atoms with E-state index in [2.05, 4.69) is 58.4 Å². The van der Waals surface area contributed by atoms with Gasteiger partial charge in [-0.05, 0) is 41.8 Å². The fourth-order valence-corrected chi connectivity index (χ4v) is 3.31. The molecule has 2 rings (SSSR count). The van der Waals surface area contributed by atoms with Crippen LogP contribution < -0.4 is 5.32 Å². The highest BCUT2D eigenvalue weighted by Crippen LogP contribution is 2.29. The zero-order valence-electron chi connectivity index (χ0n) is 11.5. The molecule has 0 amide bonds. The van der Waals surface area contributed by atoms with Crippen LogP contribution in [0.5, 0.6) is 0 Å². The second-order valence-electron chi connectivity index (χ2n) is 4.37. The molecule has 0 fully saturated rings. The molecule has 3 nitrogen and oxygen atoms in total. The first-order chi connectivity index (χ1) is 9.15. The van der Waals surface area contributed by atoms with Crippen molar-refractivity contribution in [2.75, 3.05) is 11.9 Å².